The third-order valence-corrected chi connectivity index (χ3v) is 3.70. The molecular formula is C16H25N5O5. The van der Waals surface area contributed by atoms with Gasteiger partial charge in [-0.2, -0.15) is 4.98 Å². The number of aromatic amines is 1. The predicted molar refractivity (Wildman–Crippen MR) is 94.3 cm³/mol. The third kappa shape index (κ3) is 5.27. The van der Waals surface area contributed by atoms with Gasteiger partial charge < -0.3 is 24.5 Å². The SMILES string of the molecule is CCOC(C[C@@H](COC(C)=O)Cn1cnc2c(=O)[nH]c(N)nc21)OCC. The Hall–Kier alpha value is -2.46. The van der Waals surface area contributed by atoms with Gasteiger partial charge in [-0.25, -0.2) is 4.98 Å². The maximum atomic E-state index is 11.9. The lowest BCUT2D eigenvalue weighted by Gasteiger charge is -2.23. The van der Waals surface area contributed by atoms with E-state index in [4.69, 9.17) is 19.9 Å². The van der Waals surface area contributed by atoms with Gasteiger partial charge in [-0.1, -0.05) is 0 Å². The quantitative estimate of drug-likeness (QED) is 0.462. The van der Waals surface area contributed by atoms with Crippen molar-refractivity contribution < 1.29 is 19.0 Å². The van der Waals surface area contributed by atoms with E-state index in [0.29, 0.717) is 31.8 Å². The van der Waals surface area contributed by atoms with Gasteiger partial charge in [0.05, 0.1) is 12.9 Å². The number of esters is 1. The van der Waals surface area contributed by atoms with Crippen LogP contribution in [0.2, 0.25) is 0 Å². The van der Waals surface area contributed by atoms with Crippen molar-refractivity contribution in [3.8, 4) is 0 Å². The van der Waals surface area contributed by atoms with Gasteiger partial charge in [-0.15, -0.1) is 0 Å². The second kappa shape index (κ2) is 9.30. The van der Waals surface area contributed by atoms with Crippen LogP contribution in [0.3, 0.4) is 0 Å². The summed E-state index contributed by atoms with van der Waals surface area (Å²) >= 11 is 0. The van der Waals surface area contributed by atoms with Crippen molar-refractivity contribution in [2.24, 2.45) is 5.92 Å². The number of H-pyrrole nitrogens is 1. The maximum absolute atomic E-state index is 11.9. The molecule has 0 unspecified atom stereocenters. The molecule has 2 heterocycles. The number of imidazole rings is 1. The van der Waals surface area contributed by atoms with E-state index in [-0.39, 0.29) is 30.0 Å². The fourth-order valence-electron chi connectivity index (χ4n) is 2.64. The fourth-order valence-corrected chi connectivity index (χ4v) is 2.64. The van der Waals surface area contributed by atoms with Crippen molar-refractivity contribution in [2.45, 2.75) is 40.0 Å². The predicted octanol–water partition coefficient (Wildman–Crippen LogP) is 0.670. The molecule has 0 aliphatic carbocycles. The molecule has 144 valence electrons. The molecule has 2 aromatic rings. The van der Waals surface area contributed by atoms with Crippen LogP contribution in [-0.2, 0) is 25.5 Å². The Labute approximate surface area is 150 Å². The van der Waals surface area contributed by atoms with Crippen LogP contribution in [-0.4, -0.2) is 51.6 Å². The van der Waals surface area contributed by atoms with Gasteiger partial charge in [0, 0.05) is 39.0 Å². The van der Waals surface area contributed by atoms with Gasteiger partial charge in [0.15, 0.2) is 17.5 Å². The van der Waals surface area contributed by atoms with Gasteiger partial charge in [0.2, 0.25) is 5.95 Å². The van der Waals surface area contributed by atoms with Crippen molar-refractivity contribution in [2.75, 3.05) is 25.6 Å². The summed E-state index contributed by atoms with van der Waals surface area (Å²) in [6.45, 7) is 6.73. The van der Waals surface area contributed by atoms with E-state index >= 15 is 0 Å². The van der Waals surface area contributed by atoms with Crippen LogP contribution < -0.4 is 11.3 Å². The molecule has 2 aromatic heterocycles. The number of nitrogens with one attached hydrogen (secondary N) is 1. The average molecular weight is 367 g/mol. The van der Waals surface area contributed by atoms with Gasteiger partial charge >= 0.3 is 5.97 Å². The van der Waals surface area contributed by atoms with Crippen molar-refractivity contribution in [1.82, 2.24) is 19.5 Å². The van der Waals surface area contributed by atoms with Crippen LogP contribution in [0.4, 0.5) is 5.95 Å². The number of aromatic nitrogens is 4. The number of ether oxygens (including phenoxy) is 3. The summed E-state index contributed by atoms with van der Waals surface area (Å²) in [5.41, 5.74) is 5.81. The zero-order chi connectivity index (χ0) is 19.1. The molecule has 0 bridgehead atoms. The number of anilines is 1. The first-order valence-corrected chi connectivity index (χ1v) is 8.51. The fraction of sp³-hybridized carbons (Fsp3) is 0.625. The third-order valence-electron chi connectivity index (χ3n) is 3.70. The van der Waals surface area contributed by atoms with E-state index in [9.17, 15) is 9.59 Å². The molecular weight excluding hydrogens is 342 g/mol. The Balaban J connectivity index is 2.22. The van der Waals surface area contributed by atoms with Crippen LogP contribution in [0.15, 0.2) is 11.1 Å². The summed E-state index contributed by atoms with van der Waals surface area (Å²) in [5.74, 6) is -0.474. The largest absolute Gasteiger partial charge is 0.466 e. The Bertz CT molecular complexity index is 781. The van der Waals surface area contributed by atoms with Gasteiger partial charge in [0.1, 0.15) is 0 Å². The molecule has 0 radical (unpaired) electrons. The summed E-state index contributed by atoms with van der Waals surface area (Å²) in [6.07, 6.45) is 1.61. The summed E-state index contributed by atoms with van der Waals surface area (Å²) in [6, 6.07) is 0. The lowest BCUT2D eigenvalue weighted by Crippen LogP contribution is -2.27. The molecule has 1 atom stereocenters. The lowest BCUT2D eigenvalue weighted by atomic mass is 10.1. The topological polar surface area (TPSA) is 134 Å². The number of nitrogens with zero attached hydrogens (tertiary/aromatic N) is 3. The van der Waals surface area contributed by atoms with Gasteiger partial charge in [-0.3, -0.25) is 14.6 Å². The smallest absolute Gasteiger partial charge is 0.302 e. The van der Waals surface area contributed by atoms with Gasteiger partial charge in [0.25, 0.3) is 5.56 Å². The van der Waals surface area contributed by atoms with Crippen molar-refractivity contribution in [3.63, 3.8) is 0 Å². The van der Waals surface area contributed by atoms with Crippen LogP contribution in [0.1, 0.15) is 27.2 Å². The molecule has 10 heteroatoms. The molecule has 0 aliphatic heterocycles. The van der Waals surface area contributed by atoms with E-state index in [1.807, 2.05) is 13.8 Å². The highest BCUT2D eigenvalue weighted by molar-refractivity contribution is 5.70. The molecule has 3 N–H and O–H groups in total. The number of fused-ring (bicyclic) bond motifs is 1. The number of nitrogens with two attached hydrogens (primary N) is 1. The minimum Gasteiger partial charge on any atom is -0.466 e. The monoisotopic (exact) mass is 367 g/mol. The minimum absolute atomic E-state index is 0.0160. The molecule has 26 heavy (non-hydrogen) atoms. The molecule has 0 saturated carbocycles. The number of nitrogen functional groups attached to an aromatic ring is 1. The van der Waals surface area contributed by atoms with E-state index in [0.717, 1.165) is 0 Å². The number of hydrogen-bond acceptors (Lipinski definition) is 8. The van der Waals surface area contributed by atoms with Crippen molar-refractivity contribution in [3.05, 3.63) is 16.7 Å². The molecule has 0 saturated heterocycles. The Kier molecular flexibility index (Phi) is 7.10. The summed E-state index contributed by atoms with van der Waals surface area (Å²) in [4.78, 5) is 33.8. The van der Waals surface area contributed by atoms with Crippen LogP contribution >= 0.6 is 0 Å². The van der Waals surface area contributed by atoms with Crippen molar-refractivity contribution >= 4 is 23.1 Å². The molecule has 0 amide bonds. The summed E-state index contributed by atoms with van der Waals surface area (Å²) in [7, 11) is 0. The number of carbonyl (C=O) groups is 1. The van der Waals surface area contributed by atoms with Crippen LogP contribution in [0, 0.1) is 5.92 Å². The molecule has 10 nitrogen and oxygen atoms in total. The number of carbonyl (C=O) groups excluding carboxylic acids is 1. The summed E-state index contributed by atoms with van der Waals surface area (Å²) < 4.78 is 18.1. The molecule has 0 aromatic carbocycles. The van der Waals surface area contributed by atoms with E-state index in [2.05, 4.69) is 15.0 Å². The van der Waals surface area contributed by atoms with E-state index in [1.165, 1.54) is 13.3 Å². The Morgan fingerprint density at radius 2 is 2.04 bits per heavy atom. The highest BCUT2D eigenvalue weighted by Gasteiger charge is 2.21. The summed E-state index contributed by atoms with van der Waals surface area (Å²) in [5, 5.41) is 0. The first-order valence-electron chi connectivity index (χ1n) is 8.51. The zero-order valence-corrected chi connectivity index (χ0v) is 15.2. The minimum atomic E-state index is -0.415. The highest BCUT2D eigenvalue weighted by Crippen LogP contribution is 2.17. The van der Waals surface area contributed by atoms with Crippen LogP contribution in [0.5, 0.6) is 0 Å². The average Bonchev–Trinajstić information content (AvgIpc) is 2.96. The van der Waals surface area contributed by atoms with E-state index < -0.39 is 11.8 Å². The highest BCUT2D eigenvalue weighted by atomic mass is 16.7. The second-order valence-electron chi connectivity index (χ2n) is 5.76. The number of rotatable bonds is 10. The first-order chi connectivity index (χ1) is 12.4. The Morgan fingerprint density at radius 1 is 1.35 bits per heavy atom. The molecule has 2 rings (SSSR count). The van der Waals surface area contributed by atoms with Crippen molar-refractivity contribution in [1.29, 1.82) is 0 Å². The van der Waals surface area contributed by atoms with E-state index in [1.54, 1.807) is 4.57 Å². The molecule has 0 fully saturated rings. The number of hydrogen-bond donors (Lipinski definition) is 2. The second-order valence-corrected chi connectivity index (χ2v) is 5.76. The zero-order valence-electron chi connectivity index (χ0n) is 15.2. The molecule has 0 aliphatic rings. The normalized spacial score (nSPS) is 12.6. The first kappa shape index (κ1) is 19.9. The maximum Gasteiger partial charge on any atom is 0.302 e. The van der Waals surface area contributed by atoms with Gasteiger partial charge in [-0.05, 0) is 13.8 Å². The van der Waals surface area contributed by atoms with Crippen LogP contribution in [0.25, 0.3) is 11.2 Å². The molecule has 0 spiro atoms. The lowest BCUT2D eigenvalue weighted by molar-refractivity contribution is -0.156. The standard InChI is InChI=1S/C16H25N5O5/c1-4-24-12(25-5-2)6-11(8-26-10(3)22)7-21-9-18-13-14(21)19-16(17)20-15(13)23/h9,11-12H,4-8H2,1-3H3,(H3,17,19,20,23)/t11-/m1/s1. The Morgan fingerprint density at radius 3 is 2.65 bits per heavy atom.